The molecule has 0 bridgehead atoms. The molecule has 38 heavy (non-hydrogen) atoms. The lowest BCUT2D eigenvalue weighted by molar-refractivity contribution is -0.170. The summed E-state index contributed by atoms with van der Waals surface area (Å²) in [7, 11) is 1.53. The minimum atomic E-state index is -1.69. The molecule has 2 fully saturated rings. The third kappa shape index (κ3) is 3.97. The van der Waals surface area contributed by atoms with Crippen molar-refractivity contribution in [3.05, 3.63) is 102 Å². The number of carbonyl (C=O) groups excluding carboxylic acids is 3. The zero-order chi connectivity index (χ0) is 27.1. The lowest BCUT2D eigenvalue weighted by atomic mass is 9.71. The molecule has 1 amide bonds. The Bertz CT molecular complexity index is 1370. The van der Waals surface area contributed by atoms with E-state index in [1.807, 2.05) is 74.5 Å². The number of ether oxygens (including phenoxy) is 2. The van der Waals surface area contributed by atoms with E-state index < -0.39 is 45.3 Å². The molecule has 3 aromatic carbocycles. The van der Waals surface area contributed by atoms with E-state index in [9.17, 15) is 14.4 Å². The van der Waals surface area contributed by atoms with Crippen LogP contribution in [0.1, 0.15) is 41.4 Å². The van der Waals surface area contributed by atoms with Crippen LogP contribution in [0.5, 0.6) is 5.75 Å². The van der Waals surface area contributed by atoms with Gasteiger partial charge in [-0.3, -0.25) is 9.59 Å². The van der Waals surface area contributed by atoms with Crippen LogP contribution in [0.2, 0.25) is 0 Å². The molecule has 0 aromatic heterocycles. The maximum atomic E-state index is 13.8. The highest BCUT2D eigenvalue weighted by Gasteiger charge is 2.74. The largest absolute Gasteiger partial charge is 0.497 e. The number of esters is 1. The number of carbonyl (C=O) groups is 3. The van der Waals surface area contributed by atoms with E-state index in [2.05, 4.69) is 5.92 Å². The summed E-state index contributed by atoms with van der Waals surface area (Å²) in [6, 6.07) is 24.5. The summed E-state index contributed by atoms with van der Waals surface area (Å²) in [6.07, 6.45) is 5.23. The first-order valence-corrected chi connectivity index (χ1v) is 13.1. The van der Waals surface area contributed by atoms with Gasteiger partial charge in [-0.05, 0) is 49.2 Å². The third-order valence-corrected chi connectivity index (χ3v) is 8.78. The molecule has 7 heteroatoms. The minimum absolute atomic E-state index is 0.314. The number of terminal acetylenes is 1. The van der Waals surface area contributed by atoms with E-state index in [1.165, 1.54) is 23.8 Å². The van der Waals surface area contributed by atoms with Gasteiger partial charge < -0.3 is 14.4 Å². The van der Waals surface area contributed by atoms with Gasteiger partial charge in [-0.15, -0.1) is 18.2 Å². The summed E-state index contributed by atoms with van der Waals surface area (Å²) in [4.78, 5) is 42.5. The van der Waals surface area contributed by atoms with Crippen LogP contribution in [0.4, 0.5) is 0 Å². The number of amides is 1. The quantitative estimate of drug-likeness (QED) is 0.144. The average molecular weight is 526 g/mol. The van der Waals surface area contributed by atoms with Crippen LogP contribution < -0.4 is 4.74 Å². The molecule has 2 aliphatic rings. The lowest BCUT2D eigenvalue weighted by Gasteiger charge is -2.49. The van der Waals surface area contributed by atoms with E-state index >= 15 is 0 Å². The van der Waals surface area contributed by atoms with Crippen LogP contribution in [0.15, 0.2) is 84.9 Å². The van der Waals surface area contributed by atoms with E-state index in [4.69, 9.17) is 15.9 Å². The van der Waals surface area contributed by atoms with Gasteiger partial charge in [0.2, 0.25) is 5.41 Å². The predicted octanol–water partition coefficient (Wildman–Crippen LogP) is 4.89. The van der Waals surface area contributed by atoms with Gasteiger partial charge in [-0.1, -0.05) is 66.6 Å². The van der Waals surface area contributed by atoms with Crippen molar-refractivity contribution >= 4 is 29.4 Å². The highest BCUT2D eigenvalue weighted by atomic mass is 32.2. The van der Waals surface area contributed by atoms with Crippen LogP contribution in [0.25, 0.3) is 0 Å². The number of nitrogens with zero attached hydrogens (tertiary/aromatic N) is 1. The third-order valence-electron chi connectivity index (χ3n) is 7.15. The van der Waals surface area contributed by atoms with E-state index in [1.54, 1.807) is 24.3 Å². The predicted molar refractivity (Wildman–Crippen MR) is 146 cm³/mol. The molecular formula is C31H27NO5S. The normalized spacial score (nSPS) is 23.2. The maximum Gasteiger partial charge on any atom is 0.331 e. The number of rotatable bonds is 7. The molecule has 0 spiro atoms. The number of hydrogen-bond donors (Lipinski definition) is 0. The molecule has 0 radical (unpaired) electrons. The number of ketones is 1. The standard InChI is InChI=1S/C31H27NO5S/c1-5-31(26(33)22-16-18-23(36-4)19-17-22)28(35)32-25(30(2,3)38-29(31)32)27(34)37-24(20-12-8-6-9-13-20)21-14-10-7-11-15-21/h1,6-19,24-25,29H,2-4H3/t25-,29+,31-/m0/s1. The minimum Gasteiger partial charge on any atom is -0.497 e. The molecule has 3 atom stereocenters. The fourth-order valence-corrected chi connectivity index (χ4v) is 6.88. The molecule has 3 aromatic rings. The van der Waals surface area contributed by atoms with Crippen molar-refractivity contribution < 1.29 is 23.9 Å². The second-order valence-electron chi connectivity index (χ2n) is 9.84. The van der Waals surface area contributed by atoms with E-state index in [0.717, 1.165) is 11.1 Å². The van der Waals surface area contributed by atoms with Crippen molar-refractivity contribution in [3.8, 4) is 18.1 Å². The number of hydrogen-bond acceptors (Lipinski definition) is 6. The number of methoxy groups -OCH3 is 1. The molecule has 2 saturated heterocycles. The maximum absolute atomic E-state index is 13.8. The molecule has 0 saturated carbocycles. The van der Waals surface area contributed by atoms with Gasteiger partial charge in [-0.2, -0.15) is 0 Å². The van der Waals surface area contributed by atoms with Crippen molar-refractivity contribution in [2.45, 2.75) is 36.1 Å². The van der Waals surface area contributed by atoms with Crippen molar-refractivity contribution in [2.24, 2.45) is 5.41 Å². The van der Waals surface area contributed by atoms with Gasteiger partial charge in [0.15, 0.2) is 11.9 Å². The fourth-order valence-electron chi connectivity index (χ4n) is 5.18. The molecular weight excluding hydrogens is 498 g/mol. The van der Waals surface area contributed by atoms with Crippen LogP contribution >= 0.6 is 11.8 Å². The molecule has 0 aliphatic carbocycles. The average Bonchev–Trinajstić information content (AvgIpc) is 3.21. The Morgan fingerprint density at radius 2 is 1.50 bits per heavy atom. The lowest BCUT2D eigenvalue weighted by Crippen LogP contribution is -2.71. The second-order valence-corrected chi connectivity index (χ2v) is 11.6. The Morgan fingerprint density at radius 3 is 2.00 bits per heavy atom. The summed E-state index contributed by atoms with van der Waals surface area (Å²) in [5.41, 5.74) is 0.253. The zero-order valence-electron chi connectivity index (χ0n) is 21.3. The smallest absolute Gasteiger partial charge is 0.331 e. The summed E-state index contributed by atoms with van der Waals surface area (Å²) < 4.78 is 10.5. The van der Waals surface area contributed by atoms with Crippen LogP contribution in [-0.2, 0) is 14.3 Å². The first kappa shape index (κ1) is 25.6. The molecule has 0 N–H and O–H groups in total. The van der Waals surface area contributed by atoms with Gasteiger partial charge in [0.25, 0.3) is 5.91 Å². The van der Waals surface area contributed by atoms with Crippen molar-refractivity contribution in [1.29, 1.82) is 0 Å². The Balaban J connectivity index is 1.45. The Hall–Kier alpha value is -4.02. The summed E-state index contributed by atoms with van der Waals surface area (Å²) in [6.45, 7) is 3.74. The number of thioether (sulfide) groups is 1. The van der Waals surface area contributed by atoms with Gasteiger partial charge in [-0.25, -0.2) is 4.79 Å². The Labute approximate surface area is 226 Å². The van der Waals surface area contributed by atoms with Gasteiger partial charge in [0.1, 0.15) is 17.2 Å². The summed E-state index contributed by atoms with van der Waals surface area (Å²) >= 11 is 1.35. The first-order valence-electron chi connectivity index (χ1n) is 12.2. The fraction of sp³-hybridized carbons (Fsp3) is 0.258. The molecule has 5 rings (SSSR count). The second kappa shape index (κ2) is 9.70. The van der Waals surface area contributed by atoms with Crippen LogP contribution in [0.3, 0.4) is 0 Å². The molecule has 192 valence electrons. The molecule has 6 nitrogen and oxygen atoms in total. The SMILES string of the molecule is C#C[C@]1(C(=O)c2ccc(OC)cc2)C(=O)N2[C@@H](C(=O)OC(c3ccccc3)c3ccccc3)C(C)(C)S[C@@H]21. The van der Waals surface area contributed by atoms with Crippen LogP contribution in [0, 0.1) is 17.8 Å². The first-order chi connectivity index (χ1) is 18.2. The van der Waals surface area contributed by atoms with Crippen molar-refractivity contribution in [2.75, 3.05) is 7.11 Å². The zero-order valence-corrected chi connectivity index (χ0v) is 22.1. The Morgan fingerprint density at radius 1 is 0.947 bits per heavy atom. The van der Waals surface area contributed by atoms with E-state index in [-0.39, 0.29) is 0 Å². The van der Waals surface area contributed by atoms with E-state index in [0.29, 0.717) is 11.3 Å². The Kier molecular flexibility index (Phi) is 6.54. The molecule has 2 heterocycles. The number of Topliss-reactive ketones (excluding diaryl/α,β-unsaturated/α-hetero) is 1. The summed E-state index contributed by atoms with van der Waals surface area (Å²) in [5.74, 6) is 1.54. The van der Waals surface area contributed by atoms with Crippen LogP contribution in [-0.4, -0.2) is 45.8 Å². The number of benzene rings is 3. The molecule has 2 aliphatic heterocycles. The summed E-state index contributed by atoms with van der Waals surface area (Å²) in [5, 5.41) is -0.686. The molecule has 0 unspecified atom stereocenters. The highest BCUT2D eigenvalue weighted by molar-refractivity contribution is 8.01. The topological polar surface area (TPSA) is 72.9 Å². The van der Waals surface area contributed by atoms with Crippen molar-refractivity contribution in [3.63, 3.8) is 0 Å². The van der Waals surface area contributed by atoms with Gasteiger partial charge in [0, 0.05) is 10.3 Å². The number of fused-ring (bicyclic) bond motifs is 1. The monoisotopic (exact) mass is 525 g/mol. The van der Waals surface area contributed by atoms with Gasteiger partial charge >= 0.3 is 5.97 Å². The highest BCUT2D eigenvalue weighted by Crippen LogP contribution is 2.59. The number of β-lactam (4-membered cyclic amide) rings is 1. The van der Waals surface area contributed by atoms with Crippen molar-refractivity contribution in [1.82, 2.24) is 4.90 Å². The van der Waals surface area contributed by atoms with Gasteiger partial charge in [0.05, 0.1) is 7.11 Å².